The summed E-state index contributed by atoms with van der Waals surface area (Å²) in [6, 6.07) is 9.78. The molecule has 0 fully saturated rings. The van der Waals surface area contributed by atoms with Crippen LogP contribution >= 0.6 is 12.2 Å². The molecule has 88 valence electrons. The lowest BCUT2D eigenvalue weighted by molar-refractivity contribution is 1.02. The monoisotopic (exact) mass is 255 g/mol. The minimum absolute atomic E-state index is 0.529. The molecule has 2 aromatic heterocycles. The van der Waals surface area contributed by atoms with E-state index in [9.17, 15) is 0 Å². The number of aromatic nitrogens is 5. The highest BCUT2D eigenvalue weighted by atomic mass is 32.1. The van der Waals surface area contributed by atoms with E-state index < -0.39 is 0 Å². The van der Waals surface area contributed by atoms with Gasteiger partial charge in [0.05, 0.1) is 11.9 Å². The normalized spacial score (nSPS) is 10.4. The molecule has 0 saturated heterocycles. The smallest absolute Gasteiger partial charge is 0.200 e. The van der Waals surface area contributed by atoms with Crippen LogP contribution in [-0.4, -0.2) is 24.7 Å². The zero-order valence-electron chi connectivity index (χ0n) is 9.32. The van der Waals surface area contributed by atoms with Gasteiger partial charge in [-0.3, -0.25) is 14.6 Å². The topological polar surface area (TPSA) is 59.4 Å². The molecule has 0 atom stereocenters. The number of nitrogens with zero attached hydrogens (tertiary/aromatic N) is 4. The lowest BCUT2D eigenvalue weighted by Crippen LogP contribution is -1.98. The van der Waals surface area contributed by atoms with Gasteiger partial charge in [-0.1, -0.05) is 18.2 Å². The molecule has 0 spiro atoms. The van der Waals surface area contributed by atoms with Crippen LogP contribution in [0.15, 0.2) is 48.9 Å². The summed E-state index contributed by atoms with van der Waals surface area (Å²) in [4.78, 5) is 8.28. The van der Waals surface area contributed by atoms with Crippen LogP contribution in [0.3, 0.4) is 0 Å². The maximum absolute atomic E-state index is 5.25. The summed E-state index contributed by atoms with van der Waals surface area (Å²) < 4.78 is 2.36. The first-order chi connectivity index (χ1) is 8.86. The van der Waals surface area contributed by atoms with Gasteiger partial charge in [-0.05, 0) is 24.4 Å². The Balaban J connectivity index is 2.23. The van der Waals surface area contributed by atoms with Crippen LogP contribution in [0.5, 0.6) is 0 Å². The number of aromatic amines is 1. The van der Waals surface area contributed by atoms with Crippen molar-refractivity contribution in [3.8, 4) is 17.2 Å². The van der Waals surface area contributed by atoms with Gasteiger partial charge >= 0.3 is 0 Å². The zero-order chi connectivity index (χ0) is 12.4. The maximum atomic E-state index is 5.25. The second kappa shape index (κ2) is 4.50. The van der Waals surface area contributed by atoms with E-state index >= 15 is 0 Å². The van der Waals surface area contributed by atoms with E-state index in [1.165, 1.54) is 0 Å². The largest absolute Gasteiger partial charge is 0.267 e. The SMILES string of the molecule is S=c1[nH]nc(-c2cnccn2)n1-c1ccccc1. The van der Waals surface area contributed by atoms with Gasteiger partial charge in [0, 0.05) is 12.4 Å². The van der Waals surface area contributed by atoms with Gasteiger partial charge in [0.1, 0.15) is 5.69 Å². The van der Waals surface area contributed by atoms with E-state index in [4.69, 9.17) is 12.2 Å². The van der Waals surface area contributed by atoms with Crippen molar-refractivity contribution in [3.05, 3.63) is 53.7 Å². The third-order valence-corrected chi connectivity index (χ3v) is 2.75. The molecule has 0 radical (unpaired) electrons. The molecule has 3 rings (SSSR count). The van der Waals surface area contributed by atoms with Crippen molar-refractivity contribution in [2.24, 2.45) is 0 Å². The van der Waals surface area contributed by atoms with E-state index in [-0.39, 0.29) is 0 Å². The number of para-hydroxylation sites is 1. The third-order valence-electron chi connectivity index (χ3n) is 2.48. The Morgan fingerprint density at radius 2 is 1.94 bits per heavy atom. The van der Waals surface area contributed by atoms with Crippen LogP contribution in [0.1, 0.15) is 0 Å². The van der Waals surface area contributed by atoms with Crippen molar-refractivity contribution in [3.63, 3.8) is 0 Å². The third kappa shape index (κ3) is 1.82. The Labute approximate surface area is 108 Å². The van der Waals surface area contributed by atoms with Gasteiger partial charge in [-0.15, -0.1) is 0 Å². The van der Waals surface area contributed by atoms with E-state index in [0.29, 0.717) is 16.3 Å². The summed E-state index contributed by atoms with van der Waals surface area (Å²) in [6.45, 7) is 0. The Bertz CT molecular complexity index is 702. The fourth-order valence-corrected chi connectivity index (χ4v) is 1.94. The molecule has 3 aromatic rings. The standard InChI is InChI=1S/C12H9N5S/c18-12-16-15-11(10-8-13-6-7-14-10)17(12)9-4-2-1-3-5-9/h1-8H,(H,16,18). The van der Waals surface area contributed by atoms with Gasteiger partial charge in [-0.25, -0.2) is 4.98 Å². The molecule has 1 N–H and O–H groups in total. The number of rotatable bonds is 2. The minimum atomic E-state index is 0.529. The first kappa shape index (κ1) is 10.8. The average molecular weight is 255 g/mol. The number of H-pyrrole nitrogens is 1. The Morgan fingerprint density at radius 3 is 2.67 bits per heavy atom. The van der Waals surface area contributed by atoms with Gasteiger partial charge in [0.15, 0.2) is 10.6 Å². The molecule has 0 unspecified atom stereocenters. The van der Waals surface area contributed by atoms with Crippen LogP contribution in [0.4, 0.5) is 0 Å². The fraction of sp³-hybridized carbons (Fsp3) is 0. The Morgan fingerprint density at radius 1 is 1.11 bits per heavy atom. The lowest BCUT2D eigenvalue weighted by Gasteiger charge is -2.05. The predicted molar refractivity (Wildman–Crippen MR) is 69.8 cm³/mol. The molecular weight excluding hydrogens is 246 g/mol. The molecule has 0 aliphatic heterocycles. The van der Waals surface area contributed by atoms with Crippen molar-refractivity contribution in [2.45, 2.75) is 0 Å². The second-order valence-corrected chi connectivity index (χ2v) is 4.00. The van der Waals surface area contributed by atoms with Gasteiger partial charge in [-0.2, -0.15) is 5.10 Å². The van der Waals surface area contributed by atoms with Crippen molar-refractivity contribution >= 4 is 12.2 Å². The molecule has 5 nitrogen and oxygen atoms in total. The van der Waals surface area contributed by atoms with Gasteiger partial charge in [0.2, 0.25) is 0 Å². The van der Waals surface area contributed by atoms with Gasteiger partial charge in [0.25, 0.3) is 0 Å². The molecule has 0 aliphatic carbocycles. The van der Waals surface area contributed by atoms with Crippen LogP contribution in [0, 0.1) is 4.77 Å². The average Bonchev–Trinajstić information content (AvgIpc) is 2.83. The molecule has 2 heterocycles. The van der Waals surface area contributed by atoms with Crippen LogP contribution in [-0.2, 0) is 0 Å². The quantitative estimate of drug-likeness (QED) is 0.714. The summed E-state index contributed by atoms with van der Waals surface area (Å²) in [5.74, 6) is 0.652. The molecule has 0 amide bonds. The zero-order valence-corrected chi connectivity index (χ0v) is 10.1. The summed E-state index contributed by atoms with van der Waals surface area (Å²) in [6.07, 6.45) is 4.91. The summed E-state index contributed by atoms with van der Waals surface area (Å²) in [7, 11) is 0. The highest BCUT2D eigenvalue weighted by Crippen LogP contribution is 2.18. The van der Waals surface area contributed by atoms with Gasteiger partial charge < -0.3 is 0 Å². The Kier molecular flexibility index (Phi) is 2.70. The second-order valence-electron chi connectivity index (χ2n) is 3.61. The molecule has 0 saturated carbocycles. The number of hydrogen-bond acceptors (Lipinski definition) is 4. The molecule has 0 aliphatic rings. The highest BCUT2D eigenvalue weighted by molar-refractivity contribution is 7.71. The Hall–Kier alpha value is -2.34. The summed E-state index contributed by atoms with van der Waals surface area (Å²) in [5, 5.41) is 6.99. The fourth-order valence-electron chi connectivity index (χ4n) is 1.70. The minimum Gasteiger partial charge on any atom is -0.267 e. The molecule has 18 heavy (non-hydrogen) atoms. The first-order valence-electron chi connectivity index (χ1n) is 5.35. The van der Waals surface area contributed by atoms with E-state index in [1.54, 1.807) is 18.6 Å². The number of hydrogen-bond donors (Lipinski definition) is 1. The number of nitrogens with one attached hydrogen (secondary N) is 1. The molecule has 1 aromatic carbocycles. The van der Waals surface area contributed by atoms with Crippen molar-refractivity contribution in [1.82, 2.24) is 24.7 Å². The van der Waals surface area contributed by atoms with E-state index in [1.807, 2.05) is 34.9 Å². The molecule has 6 heteroatoms. The van der Waals surface area contributed by atoms with Crippen molar-refractivity contribution in [1.29, 1.82) is 0 Å². The summed E-state index contributed by atoms with van der Waals surface area (Å²) >= 11 is 5.25. The van der Waals surface area contributed by atoms with Crippen molar-refractivity contribution in [2.75, 3.05) is 0 Å². The number of benzene rings is 1. The molecule has 0 bridgehead atoms. The lowest BCUT2D eigenvalue weighted by atomic mass is 10.3. The predicted octanol–water partition coefficient (Wildman–Crippen LogP) is 2.39. The summed E-state index contributed by atoms with van der Waals surface area (Å²) in [5.41, 5.74) is 1.62. The maximum Gasteiger partial charge on any atom is 0.200 e. The van der Waals surface area contributed by atoms with Crippen molar-refractivity contribution < 1.29 is 0 Å². The first-order valence-corrected chi connectivity index (χ1v) is 5.76. The van der Waals surface area contributed by atoms with E-state index in [2.05, 4.69) is 20.2 Å². The molecular formula is C12H9N5S. The highest BCUT2D eigenvalue weighted by Gasteiger charge is 2.11. The van der Waals surface area contributed by atoms with Crippen LogP contribution < -0.4 is 0 Å². The van der Waals surface area contributed by atoms with E-state index in [0.717, 1.165) is 5.69 Å². The van der Waals surface area contributed by atoms with Crippen LogP contribution in [0.25, 0.3) is 17.2 Å². The van der Waals surface area contributed by atoms with Crippen LogP contribution in [0.2, 0.25) is 0 Å².